The van der Waals surface area contributed by atoms with E-state index in [-0.39, 0.29) is 12.1 Å². The quantitative estimate of drug-likeness (QED) is 0.789. The van der Waals surface area contributed by atoms with Crippen LogP contribution in [-0.4, -0.2) is 32.7 Å². The molecular formula is C14H21F2NO2. The summed E-state index contributed by atoms with van der Waals surface area (Å²) in [5.41, 5.74) is 0.856. The summed E-state index contributed by atoms with van der Waals surface area (Å²) in [5, 5.41) is 3.20. The van der Waals surface area contributed by atoms with Crippen molar-refractivity contribution in [2.24, 2.45) is 0 Å². The molecule has 1 aromatic rings. The molecule has 0 amide bonds. The molecule has 1 unspecified atom stereocenters. The van der Waals surface area contributed by atoms with E-state index < -0.39 is 13.0 Å². The maximum absolute atomic E-state index is 12.3. The van der Waals surface area contributed by atoms with E-state index in [9.17, 15) is 8.78 Å². The number of rotatable bonds is 8. The van der Waals surface area contributed by atoms with Crippen LogP contribution in [0.5, 0.6) is 5.75 Å². The lowest BCUT2D eigenvalue weighted by Gasteiger charge is -2.20. The Morgan fingerprint density at radius 2 is 1.79 bits per heavy atom. The second-order valence-electron chi connectivity index (χ2n) is 4.55. The third-order valence-electron chi connectivity index (χ3n) is 2.62. The van der Waals surface area contributed by atoms with E-state index in [0.29, 0.717) is 6.54 Å². The van der Waals surface area contributed by atoms with Crippen molar-refractivity contribution in [2.75, 3.05) is 20.3 Å². The first kappa shape index (κ1) is 15.9. The highest BCUT2D eigenvalue weighted by molar-refractivity contribution is 5.28. The molecule has 0 radical (unpaired) electrons. The van der Waals surface area contributed by atoms with Gasteiger partial charge in [-0.05, 0) is 17.7 Å². The van der Waals surface area contributed by atoms with Gasteiger partial charge in [-0.1, -0.05) is 26.0 Å². The molecule has 1 atom stereocenters. The van der Waals surface area contributed by atoms with Gasteiger partial charge in [-0.15, -0.1) is 0 Å². The van der Waals surface area contributed by atoms with E-state index in [1.54, 1.807) is 19.2 Å². The monoisotopic (exact) mass is 273 g/mol. The van der Waals surface area contributed by atoms with Gasteiger partial charge in [-0.3, -0.25) is 0 Å². The summed E-state index contributed by atoms with van der Waals surface area (Å²) < 4.78 is 34.9. The number of ether oxygens (including phenoxy) is 2. The predicted molar refractivity (Wildman–Crippen MR) is 70.8 cm³/mol. The van der Waals surface area contributed by atoms with Crippen LogP contribution in [0.2, 0.25) is 0 Å². The minimum absolute atomic E-state index is 0.274. The van der Waals surface area contributed by atoms with Crippen molar-refractivity contribution < 1.29 is 18.3 Å². The van der Waals surface area contributed by atoms with Crippen molar-refractivity contribution in [2.45, 2.75) is 32.4 Å². The van der Waals surface area contributed by atoms with Crippen molar-refractivity contribution in [3.05, 3.63) is 29.8 Å². The van der Waals surface area contributed by atoms with Crippen LogP contribution >= 0.6 is 0 Å². The van der Waals surface area contributed by atoms with Gasteiger partial charge in [0.25, 0.3) is 6.43 Å². The van der Waals surface area contributed by atoms with Crippen LogP contribution in [-0.2, 0) is 4.74 Å². The number of hydrogen-bond acceptors (Lipinski definition) is 3. The second-order valence-corrected chi connectivity index (χ2v) is 4.55. The first-order valence-electron chi connectivity index (χ1n) is 6.30. The van der Waals surface area contributed by atoms with E-state index in [4.69, 9.17) is 9.47 Å². The van der Waals surface area contributed by atoms with E-state index in [0.717, 1.165) is 11.3 Å². The van der Waals surface area contributed by atoms with E-state index in [2.05, 4.69) is 5.32 Å². The van der Waals surface area contributed by atoms with Gasteiger partial charge in [0.2, 0.25) is 0 Å². The standard InChI is InChI=1S/C14H21F2NO2/c1-10(2)17-8-13(19-9-14(15)16)11-4-6-12(18-3)7-5-11/h4-7,10,13-14,17H,8-9H2,1-3H3. The lowest BCUT2D eigenvalue weighted by Crippen LogP contribution is -2.30. The van der Waals surface area contributed by atoms with Gasteiger partial charge in [0, 0.05) is 12.6 Å². The zero-order valence-corrected chi connectivity index (χ0v) is 11.5. The molecule has 1 aromatic carbocycles. The molecule has 0 aliphatic carbocycles. The predicted octanol–water partition coefficient (Wildman–Crippen LogP) is 3.02. The first-order valence-corrected chi connectivity index (χ1v) is 6.30. The smallest absolute Gasteiger partial charge is 0.261 e. The van der Waals surface area contributed by atoms with Crippen molar-refractivity contribution >= 4 is 0 Å². The Kier molecular flexibility index (Phi) is 6.73. The number of alkyl halides is 2. The highest BCUT2D eigenvalue weighted by atomic mass is 19.3. The lowest BCUT2D eigenvalue weighted by molar-refractivity contribution is -0.0251. The topological polar surface area (TPSA) is 30.5 Å². The summed E-state index contributed by atoms with van der Waals surface area (Å²) in [6.45, 7) is 3.93. The largest absolute Gasteiger partial charge is 0.497 e. The summed E-state index contributed by atoms with van der Waals surface area (Å²) in [6.07, 6.45) is -2.85. The summed E-state index contributed by atoms with van der Waals surface area (Å²) in [5.74, 6) is 0.730. The molecule has 0 saturated carbocycles. The fraction of sp³-hybridized carbons (Fsp3) is 0.571. The van der Waals surface area contributed by atoms with E-state index in [1.807, 2.05) is 26.0 Å². The van der Waals surface area contributed by atoms with Gasteiger partial charge in [0.05, 0.1) is 13.2 Å². The van der Waals surface area contributed by atoms with E-state index in [1.165, 1.54) is 0 Å². The van der Waals surface area contributed by atoms with Crippen LogP contribution in [0, 0.1) is 0 Å². The lowest BCUT2D eigenvalue weighted by atomic mass is 10.1. The molecule has 5 heteroatoms. The average Bonchev–Trinajstić information content (AvgIpc) is 2.38. The molecule has 0 saturated heterocycles. The van der Waals surface area contributed by atoms with Crippen molar-refractivity contribution in [1.82, 2.24) is 5.32 Å². The Balaban J connectivity index is 2.69. The fourth-order valence-corrected chi connectivity index (χ4v) is 1.62. The second kappa shape index (κ2) is 8.07. The summed E-state index contributed by atoms with van der Waals surface area (Å²) in [6, 6.07) is 7.52. The zero-order chi connectivity index (χ0) is 14.3. The Labute approximate surface area is 112 Å². The third kappa shape index (κ3) is 5.98. The Morgan fingerprint density at radius 3 is 2.26 bits per heavy atom. The third-order valence-corrected chi connectivity index (χ3v) is 2.62. The van der Waals surface area contributed by atoms with Gasteiger partial charge in [-0.25, -0.2) is 8.78 Å². The fourth-order valence-electron chi connectivity index (χ4n) is 1.62. The SMILES string of the molecule is COc1ccc(C(CNC(C)C)OCC(F)F)cc1. The molecule has 0 bridgehead atoms. The number of halogens is 2. The molecular weight excluding hydrogens is 252 g/mol. The van der Waals surface area contributed by atoms with Gasteiger partial charge in [0.1, 0.15) is 12.4 Å². The average molecular weight is 273 g/mol. The molecule has 0 aliphatic heterocycles. The molecule has 0 heterocycles. The molecule has 0 aromatic heterocycles. The van der Waals surface area contributed by atoms with Gasteiger partial charge < -0.3 is 14.8 Å². The van der Waals surface area contributed by atoms with Crippen LogP contribution in [0.25, 0.3) is 0 Å². The normalized spacial score (nSPS) is 13.0. The zero-order valence-electron chi connectivity index (χ0n) is 11.5. The van der Waals surface area contributed by atoms with Gasteiger partial charge in [0.15, 0.2) is 0 Å². The highest BCUT2D eigenvalue weighted by Crippen LogP contribution is 2.21. The first-order chi connectivity index (χ1) is 9.02. The van der Waals surface area contributed by atoms with Crippen LogP contribution in [0.1, 0.15) is 25.5 Å². The molecule has 19 heavy (non-hydrogen) atoms. The Bertz CT molecular complexity index is 343. The van der Waals surface area contributed by atoms with Crippen LogP contribution in [0.3, 0.4) is 0 Å². The molecule has 0 fully saturated rings. The highest BCUT2D eigenvalue weighted by Gasteiger charge is 2.15. The number of benzene rings is 1. The van der Waals surface area contributed by atoms with Gasteiger partial charge in [-0.2, -0.15) is 0 Å². The van der Waals surface area contributed by atoms with Crippen molar-refractivity contribution in [3.63, 3.8) is 0 Å². The number of nitrogens with one attached hydrogen (secondary N) is 1. The van der Waals surface area contributed by atoms with Crippen LogP contribution in [0.15, 0.2) is 24.3 Å². The molecule has 1 rings (SSSR count). The number of methoxy groups -OCH3 is 1. The molecule has 0 spiro atoms. The summed E-state index contributed by atoms with van der Waals surface area (Å²) in [7, 11) is 1.58. The Morgan fingerprint density at radius 1 is 1.16 bits per heavy atom. The maximum Gasteiger partial charge on any atom is 0.261 e. The molecule has 0 aliphatic rings. The minimum Gasteiger partial charge on any atom is -0.497 e. The molecule has 3 nitrogen and oxygen atoms in total. The van der Waals surface area contributed by atoms with Crippen molar-refractivity contribution in [1.29, 1.82) is 0 Å². The van der Waals surface area contributed by atoms with Crippen LogP contribution in [0.4, 0.5) is 8.78 Å². The Hall–Kier alpha value is -1.20. The summed E-state index contributed by atoms with van der Waals surface area (Å²) in [4.78, 5) is 0. The maximum atomic E-state index is 12.3. The van der Waals surface area contributed by atoms with E-state index >= 15 is 0 Å². The van der Waals surface area contributed by atoms with Crippen LogP contribution < -0.4 is 10.1 Å². The molecule has 1 N–H and O–H groups in total. The molecule has 108 valence electrons. The van der Waals surface area contributed by atoms with Gasteiger partial charge >= 0.3 is 0 Å². The number of hydrogen-bond donors (Lipinski definition) is 1. The minimum atomic E-state index is -2.46. The summed E-state index contributed by atoms with van der Waals surface area (Å²) >= 11 is 0. The van der Waals surface area contributed by atoms with Crippen molar-refractivity contribution in [3.8, 4) is 5.75 Å².